The molecule has 3 atom stereocenters. The minimum absolute atomic E-state index is 0.0448. The Morgan fingerprint density at radius 3 is 2.58 bits per heavy atom. The summed E-state index contributed by atoms with van der Waals surface area (Å²) < 4.78 is 0. The van der Waals surface area contributed by atoms with Crippen molar-refractivity contribution in [2.75, 3.05) is 13.1 Å². The van der Waals surface area contributed by atoms with Crippen LogP contribution in [0.4, 0.5) is 0 Å². The minimum atomic E-state index is -0.151. The summed E-state index contributed by atoms with van der Waals surface area (Å²) in [6.07, 6.45) is 2.94. The van der Waals surface area contributed by atoms with Gasteiger partial charge in [0, 0.05) is 12.6 Å². The van der Waals surface area contributed by atoms with Gasteiger partial charge in [0.25, 0.3) is 0 Å². The summed E-state index contributed by atoms with van der Waals surface area (Å²) >= 11 is 0. The van der Waals surface area contributed by atoms with Crippen LogP contribution < -0.4 is 16.4 Å². The first kappa shape index (κ1) is 16.0. The number of carbonyl (C=O) groups excluding carboxylic acids is 2. The molecule has 0 saturated heterocycles. The highest BCUT2D eigenvalue weighted by molar-refractivity contribution is 5.86. The Labute approximate surface area is 115 Å². The van der Waals surface area contributed by atoms with E-state index in [1.165, 1.54) is 0 Å². The van der Waals surface area contributed by atoms with Gasteiger partial charge in [-0.1, -0.05) is 27.2 Å². The number of hydrogen-bond donors (Lipinski definition) is 3. The maximum Gasteiger partial charge on any atom is 0.239 e. The zero-order valence-corrected chi connectivity index (χ0v) is 12.2. The maximum atomic E-state index is 12.0. The molecular formula is C14H27N3O2. The lowest BCUT2D eigenvalue weighted by atomic mass is 9.78. The molecule has 0 spiro atoms. The summed E-state index contributed by atoms with van der Waals surface area (Å²) in [4.78, 5) is 23.5. The largest absolute Gasteiger partial charge is 0.354 e. The van der Waals surface area contributed by atoms with E-state index in [4.69, 9.17) is 5.73 Å². The molecule has 1 rings (SSSR count). The van der Waals surface area contributed by atoms with Crippen LogP contribution in [0.2, 0.25) is 0 Å². The Morgan fingerprint density at radius 2 is 1.95 bits per heavy atom. The van der Waals surface area contributed by atoms with Gasteiger partial charge in [0.15, 0.2) is 0 Å². The molecule has 110 valence electrons. The first-order chi connectivity index (χ1) is 8.91. The van der Waals surface area contributed by atoms with E-state index in [2.05, 4.69) is 17.6 Å². The molecule has 0 aromatic heterocycles. The van der Waals surface area contributed by atoms with Crippen LogP contribution in [-0.2, 0) is 9.59 Å². The smallest absolute Gasteiger partial charge is 0.239 e. The van der Waals surface area contributed by atoms with Crippen LogP contribution in [0, 0.1) is 17.8 Å². The van der Waals surface area contributed by atoms with Crippen molar-refractivity contribution in [1.82, 2.24) is 10.6 Å². The van der Waals surface area contributed by atoms with Crippen molar-refractivity contribution < 1.29 is 9.59 Å². The van der Waals surface area contributed by atoms with Gasteiger partial charge >= 0.3 is 0 Å². The fraction of sp³-hybridized carbons (Fsp3) is 0.857. The average Bonchev–Trinajstić information content (AvgIpc) is 2.36. The Balaban J connectivity index is 2.32. The number of nitrogens with two attached hydrogens (primary N) is 1. The van der Waals surface area contributed by atoms with Crippen LogP contribution >= 0.6 is 0 Å². The molecule has 5 nitrogen and oxygen atoms in total. The molecule has 1 fully saturated rings. The minimum Gasteiger partial charge on any atom is -0.354 e. The van der Waals surface area contributed by atoms with Crippen LogP contribution in [-0.4, -0.2) is 30.9 Å². The standard InChI is InChI=1S/C14H27N3O2/c1-9(2)7-16-12(18)8-17-14(19)11-6-4-5-10(3)13(11)15/h9-11,13H,4-8,15H2,1-3H3,(H,16,18)(H,17,19). The lowest BCUT2D eigenvalue weighted by molar-refractivity contribution is -0.130. The average molecular weight is 269 g/mol. The summed E-state index contributed by atoms with van der Waals surface area (Å²) in [6, 6.07) is -0.0903. The van der Waals surface area contributed by atoms with Crippen molar-refractivity contribution >= 4 is 11.8 Å². The Morgan fingerprint density at radius 1 is 1.26 bits per heavy atom. The van der Waals surface area contributed by atoms with Crippen LogP contribution in [0.25, 0.3) is 0 Å². The van der Waals surface area contributed by atoms with E-state index in [0.717, 1.165) is 19.3 Å². The first-order valence-corrected chi connectivity index (χ1v) is 7.21. The van der Waals surface area contributed by atoms with Crippen molar-refractivity contribution in [3.8, 4) is 0 Å². The Bertz CT molecular complexity index is 318. The maximum absolute atomic E-state index is 12.0. The van der Waals surface area contributed by atoms with E-state index in [1.807, 2.05) is 13.8 Å². The third-order valence-electron chi connectivity index (χ3n) is 3.76. The van der Waals surface area contributed by atoms with Gasteiger partial charge in [0.05, 0.1) is 12.5 Å². The molecule has 0 radical (unpaired) electrons. The second-order valence-corrected chi connectivity index (χ2v) is 6.01. The lowest BCUT2D eigenvalue weighted by Crippen LogP contribution is -2.49. The predicted octanol–water partition coefficient (Wildman–Crippen LogP) is 0.638. The highest BCUT2D eigenvalue weighted by atomic mass is 16.2. The van der Waals surface area contributed by atoms with Crippen LogP contribution in [0.3, 0.4) is 0 Å². The van der Waals surface area contributed by atoms with Crippen molar-refractivity contribution in [2.24, 2.45) is 23.5 Å². The molecule has 0 heterocycles. The van der Waals surface area contributed by atoms with Gasteiger partial charge < -0.3 is 16.4 Å². The van der Waals surface area contributed by atoms with Crippen LogP contribution in [0.5, 0.6) is 0 Å². The third kappa shape index (κ3) is 5.19. The molecule has 1 saturated carbocycles. The van der Waals surface area contributed by atoms with Gasteiger partial charge in [-0.15, -0.1) is 0 Å². The van der Waals surface area contributed by atoms with Crippen molar-refractivity contribution in [1.29, 1.82) is 0 Å². The normalized spacial score (nSPS) is 27.1. The van der Waals surface area contributed by atoms with E-state index in [-0.39, 0.29) is 30.3 Å². The number of hydrogen-bond acceptors (Lipinski definition) is 3. The molecule has 0 aromatic carbocycles. The Hall–Kier alpha value is -1.10. The number of amides is 2. The molecule has 2 amide bonds. The fourth-order valence-corrected chi connectivity index (χ4v) is 2.43. The second-order valence-electron chi connectivity index (χ2n) is 6.01. The molecule has 4 N–H and O–H groups in total. The quantitative estimate of drug-likeness (QED) is 0.684. The summed E-state index contributed by atoms with van der Waals surface area (Å²) in [7, 11) is 0. The van der Waals surface area contributed by atoms with Crippen molar-refractivity contribution in [2.45, 2.75) is 46.1 Å². The molecular weight excluding hydrogens is 242 g/mol. The molecule has 5 heteroatoms. The van der Waals surface area contributed by atoms with Gasteiger partial charge in [-0.05, 0) is 24.7 Å². The zero-order chi connectivity index (χ0) is 14.4. The zero-order valence-electron chi connectivity index (χ0n) is 12.2. The molecule has 0 aromatic rings. The predicted molar refractivity (Wildman–Crippen MR) is 75.3 cm³/mol. The molecule has 0 bridgehead atoms. The number of nitrogens with one attached hydrogen (secondary N) is 2. The van der Waals surface area contributed by atoms with E-state index < -0.39 is 0 Å². The van der Waals surface area contributed by atoms with Crippen LogP contribution in [0.1, 0.15) is 40.0 Å². The summed E-state index contributed by atoms with van der Waals surface area (Å²) in [6.45, 7) is 6.82. The molecule has 1 aliphatic carbocycles. The highest BCUT2D eigenvalue weighted by Crippen LogP contribution is 2.27. The summed E-state index contributed by atoms with van der Waals surface area (Å²) in [5, 5.41) is 5.47. The molecule has 3 unspecified atom stereocenters. The van der Waals surface area contributed by atoms with E-state index in [0.29, 0.717) is 18.4 Å². The van der Waals surface area contributed by atoms with Crippen molar-refractivity contribution in [3.63, 3.8) is 0 Å². The molecule has 0 aliphatic heterocycles. The Kier molecular flexibility index (Phi) is 6.28. The number of rotatable bonds is 5. The van der Waals surface area contributed by atoms with E-state index >= 15 is 0 Å². The second kappa shape index (κ2) is 7.48. The summed E-state index contributed by atoms with van der Waals surface area (Å²) in [5.41, 5.74) is 6.07. The van der Waals surface area contributed by atoms with E-state index in [9.17, 15) is 9.59 Å². The SMILES string of the molecule is CC(C)CNC(=O)CNC(=O)C1CCCC(C)C1N. The van der Waals surface area contributed by atoms with Crippen LogP contribution in [0.15, 0.2) is 0 Å². The third-order valence-corrected chi connectivity index (χ3v) is 3.76. The van der Waals surface area contributed by atoms with Crippen molar-refractivity contribution in [3.05, 3.63) is 0 Å². The highest BCUT2D eigenvalue weighted by Gasteiger charge is 2.32. The first-order valence-electron chi connectivity index (χ1n) is 7.21. The van der Waals surface area contributed by atoms with Gasteiger partial charge in [-0.2, -0.15) is 0 Å². The number of carbonyl (C=O) groups is 2. The van der Waals surface area contributed by atoms with Gasteiger partial charge in [-0.25, -0.2) is 0 Å². The van der Waals surface area contributed by atoms with E-state index in [1.54, 1.807) is 0 Å². The topological polar surface area (TPSA) is 84.2 Å². The monoisotopic (exact) mass is 269 g/mol. The summed E-state index contributed by atoms with van der Waals surface area (Å²) in [5.74, 6) is 0.409. The van der Waals surface area contributed by atoms with Gasteiger partial charge in [0.1, 0.15) is 0 Å². The van der Waals surface area contributed by atoms with Gasteiger partial charge in [0.2, 0.25) is 11.8 Å². The lowest BCUT2D eigenvalue weighted by Gasteiger charge is -2.32. The fourth-order valence-electron chi connectivity index (χ4n) is 2.43. The van der Waals surface area contributed by atoms with Gasteiger partial charge in [-0.3, -0.25) is 9.59 Å². The molecule has 19 heavy (non-hydrogen) atoms. The molecule has 1 aliphatic rings.